The Hall–Kier alpha value is -1.10. The topological polar surface area (TPSA) is 74.8 Å². The van der Waals surface area contributed by atoms with Gasteiger partial charge >= 0.3 is 0 Å². The lowest BCUT2D eigenvalue weighted by atomic mass is 10.3. The van der Waals surface area contributed by atoms with Crippen LogP contribution in [0.2, 0.25) is 0 Å². The SMILES string of the molecule is CS(=O)(=O)N1CCCN(S(=O)(=O)c2ccc(F)c(F)c2)CC1. The second kappa shape index (κ2) is 6.19. The van der Waals surface area contributed by atoms with E-state index in [1.165, 1.54) is 4.31 Å². The molecule has 0 radical (unpaired) electrons. The molecule has 0 spiro atoms. The smallest absolute Gasteiger partial charge is 0.213 e. The molecule has 0 atom stereocenters. The number of nitrogens with zero attached hydrogens (tertiary/aromatic N) is 2. The number of benzene rings is 1. The second-order valence-electron chi connectivity index (χ2n) is 5.00. The molecule has 0 aromatic heterocycles. The Morgan fingerprint density at radius 2 is 1.50 bits per heavy atom. The third-order valence-electron chi connectivity index (χ3n) is 3.41. The van der Waals surface area contributed by atoms with E-state index in [0.29, 0.717) is 12.5 Å². The maximum Gasteiger partial charge on any atom is 0.243 e. The van der Waals surface area contributed by atoms with Crippen molar-refractivity contribution in [3.05, 3.63) is 29.8 Å². The van der Waals surface area contributed by atoms with Gasteiger partial charge in [0.25, 0.3) is 0 Å². The molecule has 1 fully saturated rings. The molecule has 0 unspecified atom stereocenters. The number of halogens is 2. The Morgan fingerprint density at radius 1 is 0.909 bits per heavy atom. The Morgan fingerprint density at radius 3 is 2.09 bits per heavy atom. The molecule has 0 bridgehead atoms. The van der Waals surface area contributed by atoms with Gasteiger partial charge in [-0.2, -0.15) is 4.31 Å². The molecule has 1 aromatic rings. The highest BCUT2D eigenvalue weighted by molar-refractivity contribution is 7.89. The molecule has 6 nitrogen and oxygen atoms in total. The largest absolute Gasteiger partial charge is 0.243 e. The fourth-order valence-corrected chi connectivity index (χ4v) is 4.58. The normalized spacial score (nSPS) is 19.0. The number of hydrogen-bond donors (Lipinski definition) is 0. The Bertz CT molecular complexity index is 765. The molecule has 1 saturated heterocycles. The van der Waals surface area contributed by atoms with E-state index in [1.807, 2.05) is 0 Å². The van der Waals surface area contributed by atoms with Crippen LogP contribution < -0.4 is 0 Å². The van der Waals surface area contributed by atoms with Crippen LogP contribution in [0.1, 0.15) is 6.42 Å². The van der Waals surface area contributed by atoms with E-state index < -0.39 is 31.7 Å². The van der Waals surface area contributed by atoms with Gasteiger partial charge in [0, 0.05) is 26.2 Å². The van der Waals surface area contributed by atoms with Gasteiger partial charge in [0.1, 0.15) is 0 Å². The van der Waals surface area contributed by atoms with E-state index in [4.69, 9.17) is 0 Å². The molecular weight excluding hydrogens is 338 g/mol. The van der Waals surface area contributed by atoms with Crippen molar-refractivity contribution in [3.8, 4) is 0 Å². The van der Waals surface area contributed by atoms with Crippen LogP contribution in [-0.4, -0.2) is 57.9 Å². The minimum absolute atomic E-state index is 0.0295. The highest BCUT2D eigenvalue weighted by atomic mass is 32.2. The van der Waals surface area contributed by atoms with E-state index in [-0.39, 0.29) is 31.1 Å². The monoisotopic (exact) mass is 354 g/mol. The van der Waals surface area contributed by atoms with Crippen molar-refractivity contribution in [1.82, 2.24) is 8.61 Å². The predicted octanol–water partition coefficient (Wildman–Crippen LogP) is 0.621. The zero-order valence-corrected chi connectivity index (χ0v) is 13.5. The van der Waals surface area contributed by atoms with E-state index in [1.54, 1.807) is 0 Å². The Balaban J connectivity index is 2.25. The predicted molar refractivity (Wildman–Crippen MR) is 76.2 cm³/mol. The summed E-state index contributed by atoms with van der Waals surface area (Å²) in [6.45, 7) is 0.339. The first-order valence-corrected chi connectivity index (χ1v) is 9.81. The maximum absolute atomic E-state index is 13.2. The van der Waals surface area contributed by atoms with Crippen molar-refractivity contribution in [2.45, 2.75) is 11.3 Å². The summed E-state index contributed by atoms with van der Waals surface area (Å²) in [6.07, 6.45) is 1.39. The van der Waals surface area contributed by atoms with Crippen molar-refractivity contribution >= 4 is 20.0 Å². The lowest BCUT2D eigenvalue weighted by molar-refractivity contribution is 0.406. The minimum atomic E-state index is -3.99. The van der Waals surface area contributed by atoms with Crippen LogP contribution in [0.3, 0.4) is 0 Å². The van der Waals surface area contributed by atoms with Crippen LogP contribution in [0, 0.1) is 11.6 Å². The van der Waals surface area contributed by atoms with Crippen LogP contribution >= 0.6 is 0 Å². The first-order valence-electron chi connectivity index (χ1n) is 6.53. The summed E-state index contributed by atoms with van der Waals surface area (Å²) < 4.78 is 76.3. The summed E-state index contributed by atoms with van der Waals surface area (Å²) >= 11 is 0. The van der Waals surface area contributed by atoms with E-state index >= 15 is 0 Å². The van der Waals surface area contributed by atoms with Gasteiger partial charge in [0.05, 0.1) is 11.2 Å². The van der Waals surface area contributed by atoms with Gasteiger partial charge < -0.3 is 0 Å². The van der Waals surface area contributed by atoms with Gasteiger partial charge in [-0.3, -0.25) is 0 Å². The first kappa shape index (κ1) is 17.3. The summed E-state index contributed by atoms with van der Waals surface area (Å²) in [7, 11) is -7.38. The van der Waals surface area contributed by atoms with Crippen molar-refractivity contribution < 1.29 is 25.6 Å². The third kappa shape index (κ3) is 3.62. The molecule has 1 heterocycles. The van der Waals surface area contributed by atoms with Gasteiger partial charge in [-0.25, -0.2) is 29.9 Å². The zero-order valence-electron chi connectivity index (χ0n) is 11.9. The highest BCUT2D eigenvalue weighted by Crippen LogP contribution is 2.20. The van der Waals surface area contributed by atoms with E-state index in [0.717, 1.165) is 22.7 Å². The molecule has 10 heteroatoms. The van der Waals surface area contributed by atoms with E-state index in [2.05, 4.69) is 0 Å². The standard InChI is InChI=1S/C12H16F2N2O4S2/c1-21(17,18)15-5-2-6-16(8-7-15)22(19,20)10-3-4-11(13)12(14)9-10/h3-4,9H,2,5-8H2,1H3. The van der Waals surface area contributed by atoms with Crippen molar-refractivity contribution in [2.75, 3.05) is 32.4 Å². The summed E-state index contributed by atoms with van der Waals surface area (Å²) in [5.74, 6) is -2.37. The van der Waals surface area contributed by atoms with Gasteiger partial charge in [-0.15, -0.1) is 0 Å². The zero-order chi connectivity index (χ0) is 16.5. The van der Waals surface area contributed by atoms with Crippen LogP contribution in [0.5, 0.6) is 0 Å². The summed E-state index contributed by atoms with van der Waals surface area (Å²) in [5, 5.41) is 0. The van der Waals surface area contributed by atoms with Gasteiger partial charge in [0.15, 0.2) is 11.6 Å². The molecular formula is C12H16F2N2O4S2. The highest BCUT2D eigenvalue weighted by Gasteiger charge is 2.29. The Labute approximate surface area is 128 Å². The molecule has 0 aliphatic carbocycles. The van der Waals surface area contributed by atoms with Crippen LogP contribution in [0.25, 0.3) is 0 Å². The summed E-state index contributed by atoms with van der Waals surface area (Å²) in [6, 6.07) is 2.37. The van der Waals surface area contributed by atoms with E-state index in [9.17, 15) is 25.6 Å². The summed E-state index contributed by atoms with van der Waals surface area (Å²) in [4.78, 5) is -0.348. The molecule has 1 aromatic carbocycles. The average Bonchev–Trinajstić information content (AvgIpc) is 2.67. The number of sulfonamides is 2. The molecule has 124 valence electrons. The first-order chi connectivity index (χ1) is 10.1. The third-order valence-corrected chi connectivity index (χ3v) is 6.61. The second-order valence-corrected chi connectivity index (χ2v) is 8.92. The number of hydrogen-bond acceptors (Lipinski definition) is 4. The lowest BCUT2D eigenvalue weighted by Crippen LogP contribution is -2.37. The van der Waals surface area contributed by atoms with Crippen LogP contribution in [-0.2, 0) is 20.0 Å². The fourth-order valence-electron chi connectivity index (χ4n) is 2.23. The van der Waals surface area contributed by atoms with Crippen LogP contribution in [0.4, 0.5) is 8.78 Å². The summed E-state index contributed by atoms with van der Waals surface area (Å²) in [5.41, 5.74) is 0. The lowest BCUT2D eigenvalue weighted by Gasteiger charge is -2.20. The fraction of sp³-hybridized carbons (Fsp3) is 0.500. The molecule has 0 N–H and O–H groups in total. The molecule has 0 amide bonds. The van der Waals surface area contributed by atoms with Gasteiger partial charge in [-0.1, -0.05) is 0 Å². The maximum atomic E-state index is 13.2. The molecule has 2 rings (SSSR count). The molecule has 0 saturated carbocycles. The number of rotatable bonds is 3. The molecule has 1 aliphatic rings. The van der Waals surface area contributed by atoms with Gasteiger partial charge in [0.2, 0.25) is 20.0 Å². The van der Waals surface area contributed by atoms with Crippen molar-refractivity contribution in [3.63, 3.8) is 0 Å². The van der Waals surface area contributed by atoms with Crippen molar-refractivity contribution in [1.29, 1.82) is 0 Å². The van der Waals surface area contributed by atoms with Crippen LogP contribution in [0.15, 0.2) is 23.1 Å². The van der Waals surface area contributed by atoms with Gasteiger partial charge in [-0.05, 0) is 24.6 Å². The molecule has 22 heavy (non-hydrogen) atoms. The Kier molecular flexibility index (Phi) is 4.85. The molecule has 1 aliphatic heterocycles. The quantitative estimate of drug-likeness (QED) is 0.798. The van der Waals surface area contributed by atoms with Crippen molar-refractivity contribution in [2.24, 2.45) is 0 Å². The average molecular weight is 354 g/mol. The minimum Gasteiger partial charge on any atom is -0.213 e.